The molecule has 2 aliphatic rings. The SMILES string of the molecule is CCCN1C(=O)[C@H]2Cc3c([nH]c4ccccc34)[C@H](C)N2C1=S. The van der Waals surface area contributed by atoms with E-state index in [1.165, 1.54) is 16.6 Å². The summed E-state index contributed by atoms with van der Waals surface area (Å²) < 4.78 is 0. The zero-order valence-electron chi connectivity index (χ0n) is 12.8. The van der Waals surface area contributed by atoms with Gasteiger partial charge in [0.2, 0.25) is 0 Å². The third-order valence-electron chi connectivity index (χ3n) is 4.87. The molecule has 1 N–H and O–H groups in total. The second-order valence-corrected chi connectivity index (χ2v) is 6.50. The number of carbonyl (C=O) groups excluding carboxylic acids is 1. The normalized spacial score (nSPS) is 24.1. The van der Waals surface area contributed by atoms with E-state index in [9.17, 15) is 4.79 Å². The first-order valence-electron chi connectivity index (χ1n) is 7.86. The summed E-state index contributed by atoms with van der Waals surface area (Å²) >= 11 is 5.58. The molecule has 0 radical (unpaired) electrons. The van der Waals surface area contributed by atoms with Crippen molar-refractivity contribution in [2.75, 3.05) is 6.54 Å². The molecule has 5 heteroatoms. The van der Waals surface area contributed by atoms with Crippen LogP contribution in [0.2, 0.25) is 0 Å². The number of nitrogens with zero attached hydrogens (tertiary/aromatic N) is 2. The fourth-order valence-electron chi connectivity index (χ4n) is 3.85. The largest absolute Gasteiger partial charge is 0.356 e. The van der Waals surface area contributed by atoms with E-state index in [1.54, 1.807) is 4.90 Å². The number of H-pyrrole nitrogens is 1. The van der Waals surface area contributed by atoms with Gasteiger partial charge in [-0.05, 0) is 37.2 Å². The minimum Gasteiger partial charge on any atom is -0.356 e. The Morgan fingerprint density at radius 3 is 2.91 bits per heavy atom. The Hall–Kier alpha value is -1.88. The first-order valence-corrected chi connectivity index (χ1v) is 8.27. The van der Waals surface area contributed by atoms with Gasteiger partial charge >= 0.3 is 0 Å². The van der Waals surface area contributed by atoms with Gasteiger partial charge in [-0.3, -0.25) is 9.69 Å². The number of rotatable bonds is 2. The summed E-state index contributed by atoms with van der Waals surface area (Å²) in [5, 5.41) is 1.92. The van der Waals surface area contributed by atoms with Crippen molar-refractivity contribution in [1.29, 1.82) is 0 Å². The molecule has 4 rings (SSSR count). The number of benzene rings is 1. The van der Waals surface area contributed by atoms with E-state index in [4.69, 9.17) is 12.2 Å². The van der Waals surface area contributed by atoms with Crippen LogP contribution >= 0.6 is 12.2 Å². The van der Waals surface area contributed by atoms with E-state index in [1.807, 2.05) is 6.07 Å². The van der Waals surface area contributed by atoms with E-state index in [2.05, 4.69) is 41.9 Å². The average molecular weight is 313 g/mol. The maximum atomic E-state index is 12.7. The molecular weight excluding hydrogens is 294 g/mol. The van der Waals surface area contributed by atoms with Gasteiger partial charge in [0.15, 0.2) is 5.11 Å². The van der Waals surface area contributed by atoms with Gasteiger partial charge in [-0.15, -0.1) is 0 Å². The van der Waals surface area contributed by atoms with Crippen LogP contribution < -0.4 is 0 Å². The van der Waals surface area contributed by atoms with Crippen molar-refractivity contribution in [3.8, 4) is 0 Å². The van der Waals surface area contributed by atoms with Crippen molar-refractivity contribution in [3.63, 3.8) is 0 Å². The molecule has 0 spiro atoms. The number of hydrogen-bond donors (Lipinski definition) is 1. The molecule has 0 saturated carbocycles. The maximum absolute atomic E-state index is 12.7. The highest BCUT2D eigenvalue weighted by molar-refractivity contribution is 7.80. The van der Waals surface area contributed by atoms with Gasteiger partial charge in [-0.1, -0.05) is 25.1 Å². The van der Waals surface area contributed by atoms with Gasteiger partial charge in [0.1, 0.15) is 6.04 Å². The molecule has 1 saturated heterocycles. The molecule has 0 unspecified atom stereocenters. The van der Waals surface area contributed by atoms with Crippen LogP contribution in [0, 0.1) is 0 Å². The lowest BCUT2D eigenvalue weighted by atomic mass is 9.93. The molecule has 2 aliphatic heterocycles. The third-order valence-corrected chi connectivity index (χ3v) is 5.30. The van der Waals surface area contributed by atoms with Gasteiger partial charge in [-0.2, -0.15) is 0 Å². The summed E-state index contributed by atoms with van der Waals surface area (Å²) in [4.78, 5) is 20.2. The quantitative estimate of drug-likeness (QED) is 0.866. The van der Waals surface area contributed by atoms with Crippen LogP contribution in [-0.2, 0) is 11.2 Å². The fourth-order valence-corrected chi connectivity index (χ4v) is 4.31. The molecule has 22 heavy (non-hydrogen) atoms. The number of aromatic amines is 1. The minimum absolute atomic E-state index is 0.111. The Bertz CT molecular complexity index is 781. The molecule has 2 atom stereocenters. The number of para-hydroxylation sites is 1. The number of carbonyl (C=O) groups is 1. The number of nitrogens with one attached hydrogen (secondary N) is 1. The molecule has 3 heterocycles. The Kier molecular flexibility index (Phi) is 3.01. The average Bonchev–Trinajstić information content (AvgIpc) is 3.00. The van der Waals surface area contributed by atoms with Crippen LogP contribution in [0.3, 0.4) is 0 Å². The summed E-state index contributed by atoms with van der Waals surface area (Å²) in [7, 11) is 0. The van der Waals surface area contributed by atoms with Crippen LogP contribution in [0.5, 0.6) is 0 Å². The van der Waals surface area contributed by atoms with Crippen LogP contribution in [-0.4, -0.2) is 38.4 Å². The summed E-state index contributed by atoms with van der Waals surface area (Å²) in [6.45, 7) is 4.92. The highest BCUT2D eigenvalue weighted by Crippen LogP contribution is 2.40. The van der Waals surface area contributed by atoms with Crippen LogP contribution in [0.1, 0.15) is 37.6 Å². The topological polar surface area (TPSA) is 39.3 Å². The van der Waals surface area contributed by atoms with Gasteiger partial charge in [-0.25, -0.2) is 0 Å². The number of aromatic nitrogens is 1. The van der Waals surface area contributed by atoms with Crippen molar-refractivity contribution in [1.82, 2.24) is 14.8 Å². The minimum atomic E-state index is -0.138. The second kappa shape index (κ2) is 4.81. The van der Waals surface area contributed by atoms with Crippen LogP contribution in [0.25, 0.3) is 10.9 Å². The Balaban J connectivity index is 1.82. The van der Waals surface area contributed by atoms with Crippen molar-refractivity contribution in [3.05, 3.63) is 35.5 Å². The predicted octanol–water partition coefficient (Wildman–Crippen LogP) is 2.99. The molecular formula is C17H19N3OS. The second-order valence-electron chi connectivity index (χ2n) is 6.14. The van der Waals surface area contributed by atoms with Gasteiger partial charge < -0.3 is 9.88 Å². The molecule has 0 bridgehead atoms. The first kappa shape index (κ1) is 13.8. The van der Waals surface area contributed by atoms with Crippen LogP contribution in [0.15, 0.2) is 24.3 Å². The Morgan fingerprint density at radius 1 is 1.36 bits per heavy atom. The smallest absolute Gasteiger partial charge is 0.251 e. The van der Waals surface area contributed by atoms with Crippen molar-refractivity contribution in [2.24, 2.45) is 0 Å². The van der Waals surface area contributed by atoms with E-state index >= 15 is 0 Å². The zero-order valence-corrected chi connectivity index (χ0v) is 13.6. The molecule has 1 fully saturated rings. The van der Waals surface area contributed by atoms with Crippen molar-refractivity contribution >= 4 is 34.1 Å². The Morgan fingerprint density at radius 2 is 2.14 bits per heavy atom. The standard InChI is InChI=1S/C17H19N3OS/c1-3-8-19-16(21)14-9-12-11-6-4-5-7-13(11)18-15(12)10(2)20(14)17(19)22/h4-7,10,14,18H,3,8-9H2,1-2H3/t10-,14+/m0/s1. The van der Waals surface area contributed by atoms with Crippen LogP contribution in [0.4, 0.5) is 0 Å². The predicted molar refractivity (Wildman–Crippen MR) is 90.6 cm³/mol. The molecule has 114 valence electrons. The molecule has 4 nitrogen and oxygen atoms in total. The monoisotopic (exact) mass is 313 g/mol. The number of thiocarbonyl (C=S) groups is 1. The molecule has 1 aromatic heterocycles. The lowest BCUT2D eigenvalue weighted by Gasteiger charge is -2.35. The van der Waals surface area contributed by atoms with Gasteiger partial charge in [0, 0.05) is 29.6 Å². The van der Waals surface area contributed by atoms with E-state index in [0.717, 1.165) is 18.4 Å². The highest BCUT2D eigenvalue weighted by Gasteiger charge is 2.48. The summed E-state index contributed by atoms with van der Waals surface area (Å²) in [6, 6.07) is 8.29. The van der Waals surface area contributed by atoms with E-state index < -0.39 is 0 Å². The zero-order chi connectivity index (χ0) is 15.4. The maximum Gasteiger partial charge on any atom is 0.251 e. The summed E-state index contributed by atoms with van der Waals surface area (Å²) in [5.41, 5.74) is 3.62. The van der Waals surface area contributed by atoms with E-state index in [0.29, 0.717) is 11.7 Å². The number of fused-ring (bicyclic) bond motifs is 4. The van der Waals surface area contributed by atoms with E-state index in [-0.39, 0.29) is 18.0 Å². The molecule has 1 amide bonds. The number of amides is 1. The van der Waals surface area contributed by atoms with Crippen molar-refractivity contribution < 1.29 is 4.79 Å². The van der Waals surface area contributed by atoms with Crippen molar-refractivity contribution in [2.45, 2.75) is 38.8 Å². The Labute approximate surface area is 135 Å². The fraction of sp³-hybridized carbons (Fsp3) is 0.412. The highest BCUT2D eigenvalue weighted by atomic mass is 32.1. The molecule has 1 aromatic carbocycles. The van der Waals surface area contributed by atoms with Gasteiger partial charge in [0.05, 0.1) is 6.04 Å². The first-order chi connectivity index (χ1) is 10.6. The summed E-state index contributed by atoms with van der Waals surface area (Å²) in [6.07, 6.45) is 1.66. The number of hydrogen-bond acceptors (Lipinski definition) is 2. The summed E-state index contributed by atoms with van der Waals surface area (Å²) in [5.74, 6) is 0.162. The molecule has 0 aliphatic carbocycles. The third kappa shape index (κ3) is 1.69. The lowest BCUT2D eigenvalue weighted by molar-refractivity contribution is -0.128. The van der Waals surface area contributed by atoms with Gasteiger partial charge in [0.25, 0.3) is 5.91 Å². The lowest BCUT2D eigenvalue weighted by Crippen LogP contribution is -2.42. The molecule has 2 aromatic rings.